The number of carboxylic acid groups (broad SMARTS) is 1. The molecule has 1 aromatic carbocycles. The summed E-state index contributed by atoms with van der Waals surface area (Å²) in [5.41, 5.74) is 6.05. The van der Waals surface area contributed by atoms with E-state index in [1.165, 1.54) is 32.3 Å². The number of nitrogens with one attached hydrogen (secondary N) is 1. The number of carbonyl (C=O) groups is 2. The number of aromatic carboxylic acids is 1. The molecule has 0 radical (unpaired) electrons. The summed E-state index contributed by atoms with van der Waals surface area (Å²) in [7, 11) is -3.82. The Morgan fingerprint density at radius 1 is 1.26 bits per heavy atom. The van der Waals surface area contributed by atoms with E-state index in [9.17, 15) is 19.3 Å². The van der Waals surface area contributed by atoms with Crippen LogP contribution in [0.3, 0.4) is 0 Å². The maximum absolute atomic E-state index is 13.9. The number of carbonyl (C=O) groups excluding carboxylic acids is 1. The van der Waals surface area contributed by atoms with Crippen molar-refractivity contribution in [1.82, 2.24) is 24.6 Å². The Balaban J connectivity index is 1.74. The third kappa shape index (κ3) is 7.57. The molecule has 0 fully saturated rings. The molecule has 206 valence electrons. The lowest BCUT2D eigenvalue weighted by Crippen LogP contribution is -2.47. The molecule has 2 heterocycles. The highest BCUT2D eigenvalue weighted by Crippen LogP contribution is 2.46. The first kappa shape index (κ1) is 29.2. The predicted molar refractivity (Wildman–Crippen MR) is 139 cm³/mol. The van der Waals surface area contributed by atoms with Crippen molar-refractivity contribution in [3.05, 3.63) is 48.0 Å². The highest BCUT2D eigenvalue weighted by molar-refractivity contribution is 7.56. The molecule has 2 aromatic heterocycles. The quantitative estimate of drug-likeness (QED) is 0.198. The second-order valence-corrected chi connectivity index (χ2v) is 11.3. The van der Waals surface area contributed by atoms with E-state index in [0.717, 1.165) is 0 Å². The molecule has 0 bridgehead atoms. The van der Waals surface area contributed by atoms with E-state index < -0.39 is 31.1 Å². The van der Waals surface area contributed by atoms with Gasteiger partial charge in [0, 0.05) is 0 Å². The lowest BCUT2D eigenvalue weighted by molar-refractivity contribution is -0.149. The molecule has 3 rings (SSSR count). The summed E-state index contributed by atoms with van der Waals surface area (Å²) in [6.07, 6.45) is 2.70. The van der Waals surface area contributed by atoms with Gasteiger partial charge in [-0.15, -0.1) is 0 Å². The van der Waals surface area contributed by atoms with Crippen molar-refractivity contribution in [3.63, 3.8) is 0 Å². The average molecular weight is 549 g/mol. The Labute approximate surface area is 220 Å². The number of fused-ring (bicyclic) bond motifs is 1. The summed E-state index contributed by atoms with van der Waals surface area (Å²) in [4.78, 5) is 36.3. The molecule has 2 unspecified atom stereocenters. The van der Waals surface area contributed by atoms with Gasteiger partial charge in [0.05, 0.1) is 37.8 Å². The number of hydrogen-bond acceptors (Lipinski definition) is 10. The number of imidazole rings is 1. The van der Waals surface area contributed by atoms with E-state index in [4.69, 9.17) is 19.7 Å². The van der Waals surface area contributed by atoms with Gasteiger partial charge in [-0.3, -0.25) is 9.36 Å². The van der Waals surface area contributed by atoms with Crippen molar-refractivity contribution in [2.75, 3.05) is 18.7 Å². The number of rotatable bonds is 14. The summed E-state index contributed by atoms with van der Waals surface area (Å²) >= 11 is 0. The van der Waals surface area contributed by atoms with Gasteiger partial charge in [0.25, 0.3) is 7.52 Å². The normalized spacial score (nSPS) is 14.2. The van der Waals surface area contributed by atoms with E-state index in [1.807, 2.05) is 6.92 Å². The summed E-state index contributed by atoms with van der Waals surface area (Å²) in [6.45, 7) is 7.08. The standard InChI is InChI=1S/C24H33N6O7P/c1-5-9-35-23(33)24(3,4)29-38(34,37-12-17-7-6-8-18(10-17)22(31)32)15-36-16(2)11-30-14-28-19-20(25)26-13-27-21(19)30/h6-8,10,13-14,16H,5,9,11-12,15H2,1-4H3,(H,29,34)(H,31,32)(H2,25,26,27). The van der Waals surface area contributed by atoms with Crippen LogP contribution in [0.4, 0.5) is 5.82 Å². The van der Waals surface area contributed by atoms with Crippen LogP contribution in [0.2, 0.25) is 0 Å². The van der Waals surface area contributed by atoms with Gasteiger partial charge in [0.15, 0.2) is 11.5 Å². The summed E-state index contributed by atoms with van der Waals surface area (Å²) < 4.78 is 32.6. The molecule has 0 aliphatic heterocycles. The molecule has 0 aliphatic rings. The van der Waals surface area contributed by atoms with Crippen LogP contribution in [0.5, 0.6) is 0 Å². The Morgan fingerprint density at radius 2 is 2.03 bits per heavy atom. The molecule has 0 spiro atoms. The molecule has 0 aliphatic carbocycles. The molecule has 3 aromatic rings. The van der Waals surface area contributed by atoms with Crippen LogP contribution in [0.25, 0.3) is 11.2 Å². The number of nitrogen functional groups attached to an aromatic ring is 1. The van der Waals surface area contributed by atoms with Crippen molar-refractivity contribution >= 4 is 36.4 Å². The Kier molecular flexibility index (Phi) is 9.55. The van der Waals surface area contributed by atoms with Gasteiger partial charge in [0.1, 0.15) is 23.7 Å². The zero-order valence-corrected chi connectivity index (χ0v) is 22.7. The minimum absolute atomic E-state index is 0.0687. The van der Waals surface area contributed by atoms with Crippen LogP contribution in [0, 0.1) is 0 Å². The minimum Gasteiger partial charge on any atom is -0.478 e. The summed E-state index contributed by atoms with van der Waals surface area (Å²) in [6, 6.07) is 6.09. The molecule has 2 atom stereocenters. The highest BCUT2D eigenvalue weighted by Gasteiger charge is 2.38. The zero-order chi connectivity index (χ0) is 27.9. The van der Waals surface area contributed by atoms with E-state index in [-0.39, 0.29) is 30.9 Å². The zero-order valence-electron chi connectivity index (χ0n) is 21.8. The van der Waals surface area contributed by atoms with Gasteiger partial charge < -0.3 is 29.4 Å². The van der Waals surface area contributed by atoms with Gasteiger partial charge in [-0.1, -0.05) is 19.1 Å². The third-order valence-corrected chi connectivity index (χ3v) is 7.36. The molecule has 4 N–H and O–H groups in total. The maximum atomic E-state index is 13.9. The van der Waals surface area contributed by atoms with E-state index in [1.54, 1.807) is 30.0 Å². The number of esters is 1. The second kappa shape index (κ2) is 12.4. The molecule has 0 amide bonds. The van der Waals surface area contributed by atoms with Crippen molar-refractivity contribution < 1.29 is 33.3 Å². The van der Waals surface area contributed by atoms with Gasteiger partial charge >= 0.3 is 11.9 Å². The topological polar surface area (TPSA) is 181 Å². The Bertz CT molecular complexity index is 1330. The van der Waals surface area contributed by atoms with Crippen LogP contribution in [-0.4, -0.2) is 61.2 Å². The number of carboxylic acids is 1. The fraction of sp³-hybridized carbons (Fsp3) is 0.458. The fourth-order valence-corrected chi connectivity index (χ4v) is 5.46. The number of ether oxygens (including phenoxy) is 2. The number of anilines is 1. The first-order chi connectivity index (χ1) is 17.9. The monoisotopic (exact) mass is 548 g/mol. The van der Waals surface area contributed by atoms with Crippen LogP contribution >= 0.6 is 7.52 Å². The molecule has 38 heavy (non-hydrogen) atoms. The van der Waals surface area contributed by atoms with E-state index in [2.05, 4.69) is 20.0 Å². The van der Waals surface area contributed by atoms with Crippen molar-refractivity contribution in [1.29, 1.82) is 0 Å². The molecule has 0 saturated carbocycles. The first-order valence-electron chi connectivity index (χ1n) is 12.0. The molecule has 13 nitrogen and oxygen atoms in total. The average Bonchev–Trinajstić information content (AvgIpc) is 3.28. The van der Waals surface area contributed by atoms with Gasteiger partial charge in [0.2, 0.25) is 0 Å². The lowest BCUT2D eigenvalue weighted by atomic mass is 10.1. The van der Waals surface area contributed by atoms with Gasteiger partial charge in [-0.25, -0.2) is 24.8 Å². The number of aromatic nitrogens is 4. The first-order valence-corrected chi connectivity index (χ1v) is 13.8. The Morgan fingerprint density at radius 3 is 2.74 bits per heavy atom. The van der Waals surface area contributed by atoms with E-state index in [0.29, 0.717) is 29.7 Å². The summed E-state index contributed by atoms with van der Waals surface area (Å²) in [5, 5.41) is 12.1. The predicted octanol–water partition coefficient (Wildman–Crippen LogP) is 3.20. The molecular formula is C24H33N6O7P. The second-order valence-electron chi connectivity index (χ2n) is 9.26. The van der Waals surface area contributed by atoms with Crippen LogP contribution in [0.15, 0.2) is 36.9 Å². The van der Waals surface area contributed by atoms with Crippen LogP contribution in [-0.2, 0) is 36.5 Å². The lowest BCUT2D eigenvalue weighted by Gasteiger charge is -2.30. The molecule has 0 saturated heterocycles. The number of nitrogens with zero attached hydrogens (tertiary/aromatic N) is 4. The highest BCUT2D eigenvalue weighted by atomic mass is 31.2. The van der Waals surface area contributed by atoms with Crippen molar-refractivity contribution in [2.24, 2.45) is 0 Å². The third-order valence-electron chi connectivity index (χ3n) is 5.42. The number of benzene rings is 1. The van der Waals surface area contributed by atoms with Crippen LogP contribution in [0.1, 0.15) is 50.0 Å². The fourth-order valence-electron chi connectivity index (χ4n) is 3.51. The Hall–Kier alpha value is -3.38. The number of nitrogens with two attached hydrogens (primary N) is 1. The van der Waals surface area contributed by atoms with Gasteiger partial charge in [-0.05, 0) is 44.9 Å². The summed E-state index contributed by atoms with van der Waals surface area (Å²) in [5.74, 6) is -1.43. The van der Waals surface area contributed by atoms with Crippen molar-refractivity contribution in [3.8, 4) is 0 Å². The SMILES string of the molecule is CCCOC(=O)C(C)(C)NP(=O)(COC(C)Cn1cnc2c(N)ncnc21)OCc1cccc(C(=O)O)c1. The maximum Gasteiger partial charge on any atom is 0.335 e. The minimum atomic E-state index is -3.82. The van der Waals surface area contributed by atoms with E-state index >= 15 is 0 Å². The smallest absolute Gasteiger partial charge is 0.335 e. The van der Waals surface area contributed by atoms with Crippen LogP contribution < -0.4 is 10.8 Å². The van der Waals surface area contributed by atoms with Gasteiger partial charge in [-0.2, -0.15) is 0 Å². The van der Waals surface area contributed by atoms with Crippen molar-refractivity contribution in [2.45, 2.75) is 58.9 Å². The number of hydrogen-bond donors (Lipinski definition) is 3. The molecule has 14 heteroatoms. The largest absolute Gasteiger partial charge is 0.478 e. The molecular weight excluding hydrogens is 515 g/mol.